The van der Waals surface area contributed by atoms with E-state index in [4.69, 9.17) is 0 Å². The van der Waals surface area contributed by atoms with Gasteiger partial charge in [-0.3, -0.25) is 4.79 Å². The van der Waals surface area contributed by atoms with Crippen LogP contribution in [0.15, 0.2) is 65.5 Å². The molecule has 0 spiro atoms. The number of aliphatic hydroxyl groups is 1. The van der Waals surface area contributed by atoms with Gasteiger partial charge in [0.25, 0.3) is 5.56 Å². The summed E-state index contributed by atoms with van der Waals surface area (Å²) in [5.41, 5.74) is 2.07. The number of nitrogens with one attached hydrogen (secondary N) is 1. The third-order valence-corrected chi connectivity index (χ3v) is 6.12. The summed E-state index contributed by atoms with van der Waals surface area (Å²) in [6.45, 7) is 0.550. The minimum Gasteiger partial charge on any atom is -0.384 e. The zero-order valence-corrected chi connectivity index (χ0v) is 15.8. The SMILES string of the molecule is O=c1c2ccccc2cc(C2(O)CCCC2)n1CCc1cc2ccccc2[nH]1. The molecule has 0 saturated heterocycles. The third kappa shape index (κ3) is 2.85. The summed E-state index contributed by atoms with van der Waals surface area (Å²) in [6, 6.07) is 20.0. The average Bonchev–Trinajstić information content (AvgIpc) is 3.33. The van der Waals surface area contributed by atoms with Crippen molar-refractivity contribution in [3.63, 3.8) is 0 Å². The lowest BCUT2D eigenvalue weighted by atomic mass is 9.95. The smallest absolute Gasteiger partial charge is 0.258 e. The lowest BCUT2D eigenvalue weighted by Crippen LogP contribution is -2.33. The third-order valence-electron chi connectivity index (χ3n) is 6.12. The van der Waals surface area contributed by atoms with E-state index in [-0.39, 0.29) is 5.56 Å². The van der Waals surface area contributed by atoms with Gasteiger partial charge in [-0.1, -0.05) is 49.2 Å². The molecule has 4 aromatic rings. The number of aromatic amines is 1. The molecule has 2 N–H and O–H groups in total. The predicted molar refractivity (Wildman–Crippen MR) is 113 cm³/mol. The van der Waals surface area contributed by atoms with Crippen LogP contribution in [0.4, 0.5) is 0 Å². The first-order chi connectivity index (χ1) is 13.6. The number of pyridine rings is 1. The lowest BCUT2D eigenvalue weighted by Gasteiger charge is -2.27. The van der Waals surface area contributed by atoms with Crippen LogP contribution in [0.3, 0.4) is 0 Å². The molecule has 0 atom stereocenters. The lowest BCUT2D eigenvalue weighted by molar-refractivity contribution is 0.0352. The first-order valence-electron chi connectivity index (χ1n) is 10.1. The van der Waals surface area contributed by atoms with Crippen molar-refractivity contribution in [3.8, 4) is 0 Å². The van der Waals surface area contributed by atoms with Crippen molar-refractivity contribution < 1.29 is 5.11 Å². The van der Waals surface area contributed by atoms with Crippen LogP contribution in [0.2, 0.25) is 0 Å². The number of H-pyrrole nitrogens is 1. The Morgan fingerprint density at radius 3 is 2.46 bits per heavy atom. The van der Waals surface area contributed by atoms with Crippen molar-refractivity contribution in [2.45, 2.75) is 44.2 Å². The predicted octanol–water partition coefficient (Wildman–Crippen LogP) is 4.49. The van der Waals surface area contributed by atoms with Gasteiger partial charge in [0, 0.05) is 29.6 Å². The number of nitrogens with zero attached hydrogens (tertiary/aromatic N) is 1. The fourth-order valence-electron chi connectivity index (χ4n) is 4.62. The second-order valence-corrected chi connectivity index (χ2v) is 7.94. The molecule has 5 rings (SSSR count). The second kappa shape index (κ2) is 6.64. The van der Waals surface area contributed by atoms with E-state index in [0.29, 0.717) is 11.9 Å². The fraction of sp³-hybridized carbons (Fsp3) is 0.292. The number of benzene rings is 2. The Balaban J connectivity index is 1.58. The molecule has 0 amide bonds. The Labute approximate surface area is 163 Å². The Hall–Kier alpha value is -2.85. The zero-order chi connectivity index (χ0) is 19.1. The maximum atomic E-state index is 13.3. The van der Waals surface area contributed by atoms with Gasteiger partial charge in [0.05, 0.1) is 5.69 Å². The highest BCUT2D eigenvalue weighted by Crippen LogP contribution is 2.39. The number of para-hydroxylation sites is 1. The van der Waals surface area contributed by atoms with Crippen molar-refractivity contribution in [1.29, 1.82) is 0 Å². The van der Waals surface area contributed by atoms with Crippen molar-refractivity contribution in [3.05, 3.63) is 82.4 Å². The van der Waals surface area contributed by atoms with Crippen LogP contribution in [0, 0.1) is 0 Å². The number of hydrogen-bond acceptors (Lipinski definition) is 2. The summed E-state index contributed by atoms with van der Waals surface area (Å²) in [5.74, 6) is 0. The fourth-order valence-corrected chi connectivity index (χ4v) is 4.62. The molecular weight excluding hydrogens is 348 g/mol. The molecule has 1 saturated carbocycles. The number of hydrogen-bond donors (Lipinski definition) is 2. The van der Waals surface area contributed by atoms with Gasteiger partial charge < -0.3 is 14.7 Å². The van der Waals surface area contributed by atoms with Crippen LogP contribution in [0.5, 0.6) is 0 Å². The van der Waals surface area contributed by atoms with Gasteiger partial charge in [-0.05, 0) is 47.9 Å². The number of fused-ring (bicyclic) bond motifs is 2. The quantitative estimate of drug-likeness (QED) is 0.555. The molecule has 142 valence electrons. The van der Waals surface area contributed by atoms with Crippen molar-refractivity contribution >= 4 is 21.7 Å². The molecule has 0 bridgehead atoms. The Morgan fingerprint density at radius 1 is 0.964 bits per heavy atom. The zero-order valence-electron chi connectivity index (χ0n) is 15.8. The van der Waals surface area contributed by atoms with Gasteiger partial charge in [0.1, 0.15) is 5.60 Å². The minimum absolute atomic E-state index is 0.00969. The van der Waals surface area contributed by atoms with E-state index in [1.807, 2.05) is 42.5 Å². The summed E-state index contributed by atoms with van der Waals surface area (Å²) >= 11 is 0. The normalized spacial score (nSPS) is 16.2. The first kappa shape index (κ1) is 17.3. The standard InChI is InChI=1S/C24H24N2O2/c27-23-20-9-3-1-7-17(20)16-22(24(28)12-5-6-13-24)26(23)14-11-19-15-18-8-2-4-10-21(18)25-19/h1-4,7-10,15-16,25,28H,5-6,11-14H2. The Kier molecular flexibility index (Phi) is 4.09. The maximum absolute atomic E-state index is 13.3. The van der Waals surface area contributed by atoms with Crippen LogP contribution >= 0.6 is 0 Å². The van der Waals surface area contributed by atoms with Crippen molar-refractivity contribution in [2.75, 3.05) is 0 Å². The molecule has 4 heteroatoms. The van der Waals surface area contributed by atoms with Crippen molar-refractivity contribution in [1.82, 2.24) is 9.55 Å². The first-order valence-corrected chi connectivity index (χ1v) is 10.1. The summed E-state index contributed by atoms with van der Waals surface area (Å²) in [4.78, 5) is 16.7. The van der Waals surface area contributed by atoms with E-state index < -0.39 is 5.60 Å². The molecule has 0 aliphatic heterocycles. The molecular formula is C24H24N2O2. The van der Waals surface area contributed by atoms with Gasteiger partial charge in [0.2, 0.25) is 0 Å². The van der Waals surface area contributed by atoms with Crippen LogP contribution in [-0.4, -0.2) is 14.7 Å². The van der Waals surface area contributed by atoms with Gasteiger partial charge in [0.15, 0.2) is 0 Å². The molecule has 0 unspecified atom stereocenters. The van der Waals surface area contributed by atoms with E-state index in [1.165, 1.54) is 5.39 Å². The molecule has 1 fully saturated rings. The molecule has 2 heterocycles. The molecule has 0 radical (unpaired) electrons. The van der Waals surface area contributed by atoms with Crippen LogP contribution in [0.25, 0.3) is 21.7 Å². The molecule has 28 heavy (non-hydrogen) atoms. The van der Waals surface area contributed by atoms with Crippen LogP contribution < -0.4 is 5.56 Å². The molecule has 2 aromatic carbocycles. The summed E-state index contributed by atoms with van der Waals surface area (Å²) in [7, 11) is 0. The van der Waals surface area contributed by atoms with Crippen LogP contribution in [-0.2, 0) is 18.6 Å². The van der Waals surface area contributed by atoms with Crippen LogP contribution in [0.1, 0.15) is 37.1 Å². The second-order valence-electron chi connectivity index (χ2n) is 7.94. The van der Waals surface area contributed by atoms with E-state index in [9.17, 15) is 9.90 Å². The number of rotatable bonds is 4. The molecule has 1 aliphatic rings. The molecule has 2 aromatic heterocycles. The Morgan fingerprint density at radius 2 is 1.68 bits per heavy atom. The van der Waals surface area contributed by atoms with Gasteiger partial charge in [-0.2, -0.15) is 0 Å². The van der Waals surface area contributed by atoms with E-state index in [2.05, 4.69) is 23.2 Å². The number of aromatic nitrogens is 2. The largest absolute Gasteiger partial charge is 0.384 e. The summed E-state index contributed by atoms with van der Waals surface area (Å²) in [5, 5.41) is 14.1. The topological polar surface area (TPSA) is 58.0 Å². The van der Waals surface area contributed by atoms with Gasteiger partial charge >= 0.3 is 0 Å². The van der Waals surface area contributed by atoms with E-state index >= 15 is 0 Å². The highest BCUT2D eigenvalue weighted by Gasteiger charge is 2.36. The van der Waals surface area contributed by atoms with Gasteiger partial charge in [-0.15, -0.1) is 0 Å². The maximum Gasteiger partial charge on any atom is 0.258 e. The molecule has 1 aliphatic carbocycles. The minimum atomic E-state index is -0.899. The molecule has 4 nitrogen and oxygen atoms in total. The highest BCUT2D eigenvalue weighted by molar-refractivity contribution is 5.82. The van der Waals surface area contributed by atoms with Crippen molar-refractivity contribution in [2.24, 2.45) is 0 Å². The average molecular weight is 372 g/mol. The highest BCUT2D eigenvalue weighted by atomic mass is 16.3. The Bertz CT molecular complexity index is 1180. The monoisotopic (exact) mass is 372 g/mol. The summed E-state index contributed by atoms with van der Waals surface area (Å²) in [6.07, 6.45) is 4.16. The van der Waals surface area contributed by atoms with E-state index in [0.717, 1.165) is 54.4 Å². The summed E-state index contributed by atoms with van der Waals surface area (Å²) < 4.78 is 1.80. The number of aryl methyl sites for hydroxylation is 1. The van der Waals surface area contributed by atoms with Gasteiger partial charge in [-0.25, -0.2) is 0 Å². The van der Waals surface area contributed by atoms with E-state index in [1.54, 1.807) is 4.57 Å².